The van der Waals surface area contributed by atoms with Gasteiger partial charge in [0.05, 0.1) is 28.4 Å². The van der Waals surface area contributed by atoms with Gasteiger partial charge in [-0.3, -0.25) is 4.99 Å². The SMILES string of the molecule is CN=C(NCCc1ccc(C)c(OC)c1)NCCc1ccc(OC)c(OC)c1OC. The first-order valence-corrected chi connectivity index (χ1v) is 9.93. The number of rotatable bonds is 10. The minimum absolute atomic E-state index is 0.605. The largest absolute Gasteiger partial charge is 0.496 e. The Kier molecular flexibility index (Phi) is 9.12. The highest BCUT2D eigenvalue weighted by Gasteiger charge is 2.15. The summed E-state index contributed by atoms with van der Waals surface area (Å²) in [4.78, 5) is 4.30. The van der Waals surface area contributed by atoms with E-state index in [1.807, 2.05) is 19.1 Å². The number of nitrogens with one attached hydrogen (secondary N) is 2. The number of methoxy groups -OCH3 is 4. The van der Waals surface area contributed by atoms with Gasteiger partial charge in [0.2, 0.25) is 5.75 Å². The average Bonchev–Trinajstić information content (AvgIpc) is 2.78. The van der Waals surface area contributed by atoms with E-state index in [2.05, 4.69) is 33.8 Å². The van der Waals surface area contributed by atoms with Crippen LogP contribution in [0, 0.1) is 6.92 Å². The van der Waals surface area contributed by atoms with Crippen molar-refractivity contribution in [2.24, 2.45) is 4.99 Å². The van der Waals surface area contributed by atoms with Gasteiger partial charge in [0.1, 0.15) is 5.75 Å². The smallest absolute Gasteiger partial charge is 0.203 e. The minimum atomic E-state index is 0.605. The molecule has 0 aliphatic heterocycles. The van der Waals surface area contributed by atoms with E-state index in [0.717, 1.165) is 42.2 Å². The van der Waals surface area contributed by atoms with Crippen LogP contribution in [0.2, 0.25) is 0 Å². The Morgan fingerprint density at radius 2 is 1.47 bits per heavy atom. The van der Waals surface area contributed by atoms with E-state index in [4.69, 9.17) is 18.9 Å². The van der Waals surface area contributed by atoms with Crippen molar-refractivity contribution < 1.29 is 18.9 Å². The molecule has 7 heteroatoms. The highest BCUT2D eigenvalue weighted by atomic mass is 16.5. The summed E-state index contributed by atoms with van der Waals surface area (Å²) in [5.74, 6) is 3.62. The molecule has 2 aromatic carbocycles. The van der Waals surface area contributed by atoms with E-state index in [0.29, 0.717) is 23.8 Å². The van der Waals surface area contributed by atoms with Crippen molar-refractivity contribution >= 4 is 5.96 Å². The van der Waals surface area contributed by atoms with Crippen molar-refractivity contribution in [3.63, 3.8) is 0 Å². The highest BCUT2D eigenvalue weighted by Crippen LogP contribution is 2.39. The molecule has 0 amide bonds. The van der Waals surface area contributed by atoms with Crippen molar-refractivity contribution in [2.45, 2.75) is 19.8 Å². The molecule has 30 heavy (non-hydrogen) atoms. The van der Waals surface area contributed by atoms with Crippen LogP contribution in [-0.2, 0) is 12.8 Å². The summed E-state index contributed by atoms with van der Waals surface area (Å²) in [6.45, 7) is 3.51. The molecule has 2 N–H and O–H groups in total. The molecule has 0 bridgehead atoms. The zero-order valence-corrected chi connectivity index (χ0v) is 18.8. The Balaban J connectivity index is 1.88. The van der Waals surface area contributed by atoms with Gasteiger partial charge in [-0.15, -0.1) is 0 Å². The molecule has 0 aliphatic rings. The topological polar surface area (TPSA) is 73.3 Å². The second kappa shape index (κ2) is 11.8. The summed E-state index contributed by atoms with van der Waals surface area (Å²) in [5, 5.41) is 6.69. The lowest BCUT2D eigenvalue weighted by Crippen LogP contribution is -2.39. The lowest BCUT2D eigenvalue weighted by molar-refractivity contribution is 0.322. The molecular formula is C23H33N3O4. The number of guanidine groups is 1. The van der Waals surface area contributed by atoms with Crippen LogP contribution in [0.25, 0.3) is 0 Å². The number of aryl methyl sites for hydroxylation is 1. The third kappa shape index (κ3) is 5.95. The Hall–Kier alpha value is -3.09. The van der Waals surface area contributed by atoms with Gasteiger partial charge in [0.25, 0.3) is 0 Å². The van der Waals surface area contributed by atoms with E-state index in [1.165, 1.54) is 5.56 Å². The first-order chi connectivity index (χ1) is 14.6. The van der Waals surface area contributed by atoms with E-state index in [-0.39, 0.29) is 0 Å². The molecule has 0 radical (unpaired) electrons. The molecule has 0 spiro atoms. The van der Waals surface area contributed by atoms with Gasteiger partial charge in [-0.25, -0.2) is 0 Å². The van der Waals surface area contributed by atoms with Gasteiger partial charge >= 0.3 is 0 Å². The number of aliphatic imine (C=N–C) groups is 1. The van der Waals surface area contributed by atoms with Gasteiger partial charge in [0.15, 0.2) is 17.5 Å². The molecule has 0 aliphatic carbocycles. The van der Waals surface area contributed by atoms with Gasteiger partial charge < -0.3 is 29.6 Å². The molecular weight excluding hydrogens is 382 g/mol. The van der Waals surface area contributed by atoms with Gasteiger partial charge in [0, 0.05) is 25.7 Å². The molecule has 0 saturated carbocycles. The van der Waals surface area contributed by atoms with E-state index in [1.54, 1.807) is 35.5 Å². The lowest BCUT2D eigenvalue weighted by atomic mass is 10.1. The number of hydrogen-bond donors (Lipinski definition) is 2. The first-order valence-electron chi connectivity index (χ1n) is 9.93. The number of benzene rings is 2. The summed E-state index contributed by atoms with van der Waals surface area (Å²) < 4.78 is 21.7. The Labute approximate surface area is 179 Å². The molecule has 0 fully saturated rings. The van der Waals surface area contributed by atoms with Crippen molar-refractivity contribution in [3.8, 4) is 23.0 Å². The van der Waals surface area contributed by atoms with Crippen molar-refractivity contribution in [3.05, 3.63) is 47.0 Å². The molecule has 0 aromatic heterocycles. The summed E-state index contributed by atoms with van der Waals surface area (Å²) >= 11 is 0. The molecule has 0 saturated heterocycles. The predicted molar refractivity (Wildman–Crippen MR) is 121 cm³/mol. The second-order valence-electron chi connectivity index (χ2n) is 6.72. The zero-order chi connectivity index (χ0) is 21.9. The monoisotopic (exact) mass is 415 g/mol. The van der Waals surface area contributed by atoms with Crippen molar-refractivity contribution in [1.29, 1.82) is 0 Å². The summed E-state index contributed by atoms with van der Waals surface area (Å²) in [6, 6.07) is 10.2. The standard InChI is InChI=1S/C23H33N3O4/c1-16-7-8-17(15-20(16)28-4)11-13-25-23(24-2)26-14-12-18-9-10-19(27-3)22(30-6)21(18)29-5/h7-10,15H,11-14H2,1-6H3,(H2,24,25,26). The summed E-state index contributed by atoms with van der Waals surface area (Å²) in [7, 11) is 8.32. The maximum atomic E-state index is 5.55. The second-order valence-corrected chi connectivity index (χ2v) is 6.72. The van der Waals surface area contributed by atoms with Crippen LogP contribution < -0.4 is 29.6 Å². The fraction of sp³-hybridized carbons (Fsp3) is 0.435. The summed E-state index contributed by atoms with van der Waals surface area (Å²) in [6.07, 6.45) is 1.63. The number of ether oxygens (including phenoxy) is 4. The van der Waals surface area contributed by atoms with Gasteiger partial charge in [-0.05, 0) is 43.0 Å². The quantitative estimate of drug-likeness (QED) is 0.459. The van der Waals surface area contributed by atoms with Crippen molar-refractivity contribution in [1.82, 2.24) is 10.6 Å². The van der Waals surface area contributed by atoms with E-state index in [9.17, 15) is 0 Å². The van der Waals surface area contributed by atoms with Gasteiger partial charge in [-0.2, -0.15) is 0 Å². The first kappa shape index (κ1) is 23.2. The fourth-order valence-corrected chi connectivity index (χ4v) is 3.24. The molecule has 2 aromatic rings. The normalized spacial score (nSPS) is 11.1. The van der Waals surface area contributed by atoms with Crippen LogP contribution >= 0.6 is 0 Å². The van der Waals surface area contributed by atoms with Crippen LogP contribution in [0.5, 0.6) is 23.0 Å². The fourth-order valence-electron chi connectivity index (χ4n) is 3.24. The van der Waals surface area contributed by atoms with Crippen LogP contribution in [0.3, 0.4) is 0 Å². The third-order valence-electron chi connectivity index (χ3n) is 4.87. The molecule has 7 nitrogen and oxygen atoms in total. The van der Waals surface area contributed by atoms with Crippen LogP contribution in [-0.4, -0.2) is 54.5 Å². The Bertz CT molecular complexity index is 853. The predicted octanol–water partition coefficient (Wildman–Crippen LogP) is 2.98. The maximum absolute atomic E-state index is 5.55. The number of nitrogens with zero attached hydrogens (tertiary/aromatic N) is 1. The maximum Gasteiger partial charge on any atom is 0.203 e. The Morgan fingerprint density at radius 1 is 0.800 bits per heavy atom. The van der Waals surface area contributed by atoms with Gasteiger partial charge in [-0.1, -0.05) is 18.2 Å². The average molecular weight is 416 g/mol. The van der Waals surface area contributed by atoms with Crippen LogP contribution in [0.15, 0.2) is 35.3 Å². The molecule has 0 unspecified atom stereocenters. The van der Waals surface area contributed by atoms with Crippen LogP contribution in [0.4, 0.5) is 0 Å². The van der Waals surface area contributed by atoms with Crippen LogP contribution in [0.1, 0.15) is 16.7 Å². The lowest BCUT2D eigenvalue weighted by Gasteiger charge is -2.17. The molecule has 0 atom stereocenters. The minimum Gasteiger partial charge on any atom is -0.496 e. The third-order valence-corrected chi connectivity index (χ3v) is 4.87. The van der Waals surface area contributed by atoms with Crippen molar-refractivity contribution in [2.75, 3.05) is 48.6 Å². The van der Waals surface area contributed by atoms with E-state index >= 15 is 0 Å². The molecule has 2 rings (SSSR count). The summed E-state index contributed by atoms with van der Waals surface area (Å²) in [5.41, 5.74) is 3.39. The molecule has 164 valence electrons. The molecule has 0 heterocycles. The Morgan fingerprint density at radius 3 is 2.07 bits per heavy atom. The van der Waals surface area contributed by atoms with E-state index < -0.39 is 0 Å². The highest BCUT2D eigenvalue weighted by molar-refractivity contribution is 5.79. The number of hydrogen-bond acceptors (Lipinski definition) is 5. The zero-order valence-electron chi connectivity index (χ0n) is 18.8.